The van der Waals surface area contributed by atoms with Crippen molar-refractivity contribution in [1.82, 2.24) is 14.9 Å². The zero-order valence-electron chi connectivity index (χ0n) is 16.9. The van der Waals surface area contributed by atoms with Crippen LogP contribution in [0, 0.1) is 6.92 Å². The van der Waals surface area contributed by atoms with Gasteiger partial charge < -0.3 is 4.90 Å². The molecule has 30 heavy (non-hydrogen) atoms. The van der Waals surface area contributed by atoms with Crippen LogP contribution in [0.1, 0.15) is 37.7 Å². The molecule has 0 aliphatic heterocycles. The third kappa shape index (κ3) is 4.99. The van der Waals surface area contributed by atoms with Gasteiger partial charge in [0.25, 0.3) is 5.91 Å². The lowest BCUT2D eigenvalue weighted by atomic mass is 10.1. The zero-order chi connectivity index (χ0) is 20.8. The first-order valence-corrected chi connectivity index (χ1v) is 10.8. The molecule has 0 atom stereocenters. The molecule has 2 heterocycles. The maximum absolute atomic E-state index is 13.4. The Balaban J connectivity index is 1.56. The van der Waals surface area contributed by atoms with Gasteiger partial charge in [0.1, 0.15) is 5.69 Å². The lowest BCUT2D eigenvalue weighted by molar-refractivity contribution is 0.0724. The summed E-state index contributed by atoms with van der Waals surface area (Å²) in [6.07, 6.45) is 4.28. The second-order valence-corrected chi connectivity index (χ2v) is 8.18. The van der Waals surface area contributed by atoms with Crippen LogP contribution in [0.3, 0.4) is 0 Å². The maximum Gasteiger partial charge on any atom is 0.273 e. The molecule has 5 heteroatoms. The Kier molecular flexibility index (Phi) is 6.30. The van der Waals surface area contributed by atoms with Crippen molar-refractivity contribution >= 4 is 17.2 Å². The van der Waals surface area contributed by atoms with E-state index in [2.05, 4.69) is 41.2 Å². The predicted octanol–water partition coefficient (Wildman–Crippen LogP) is 5.28. The number of hydrogen-bond acceptors (Lipinski definition) is 4. The quantitative estimate of drug-likeness (QED) is 0.414. The minimum atomic E-state index is -0.0577. The number of thiazole rings is 1. The highest BCUT2D eigenvalue weighted by Gasteiger charge is 2.20. The lowest BCUT2D eigenvalue weighted by Crippen LogP contribution is -2.30. The molecule has 4 nitrogen and oxygen atoms in total. The normalized spacial score (nSPS) is 10.7. The van der Waals surface area contributed by atoms with Crippen molar-refractivity contribution in [2.75, 3.05) is 0 Å². The second-order valence-electron chi connectivity index (χ2n) is 7.24. The second kappa shape index (κ2) is 9.46. The van der Waals surface area contributed by atoms with Crippen molar-refractivity contribution in [2.24, 2.45) is 0 Å². The Bertz CT molecular complexity index is 1110. The molecule has 2 aromatic carbocycles. The highest BCUT2D eigenvalue weighted by Crippen LogP contribution is 2.19. The van der Waals surface area contributed by atoms with Gasteiger partial charge in [0, 0.05) is 37.3 Å². The molecule has 0 saturated heterocycles. The summed E-state index contributed by atoms with van der Waals surface area (Å²) in [4.78, 5) is 24.1. The van der Waals surface area contributed by atoms with Crippen molar-refractivity contribution in [3.63, 3.8) is 0 Å². The summed E-state index contributed by atoms with van der Waals surface area (Å²) in [5.41, 5.74) is 5.00. The molecule has 0 bridgehead atoms. The summed E-state index contributed by atoms with van der Waals surface area (Å²) < 4.78 is 0. The van der Waals surface area contributed by atoms with Gasteiger partial charge in [-0.1, -0.05) is 60.7 Å². The number of carbonyl (C=O) groups is 1. The van der Waals surface area contributed by atoms with Gasteiger partial charge in [-0.3, -0.25) is 9.78 Å². The van der Waals surface area contributed by atoms with Crippen LogP contribution < -0.4 is 0 Å². The SMILES string of the molecule is Cc1ccccc1CN(Cc1cccnc1)C(=O)c1csc(Cc2ccccc2)n1. The first-order chi connectivity index (χ1) is 14.7. The highest BCUT2D eigenvalue weighted by molar-refractivity contribution is 7.09. The summed E-state index contributed by atoms with van der Waals surface area (Å²) in [6.45, 7) is 3.10. The Morgan fingerprint density at radius 3 is 2.47 bits per heavy atom. The van der Waals surface area contributed by atoms with Crippen LogP contribution in [-0.2, 0) is 19.5 Å². The Hall–Kier alpha value is -3.31. The van der Waals surface area contributed by atoms with Gasteiger partial charge in [0.15, 0.2) is 0 Å². The molecule has 0 fully saturated rings. The van der Waals surface area contributed by atoms with Crippen LogP contribution in [0.15, 0.2) is 84.5 Å². The molecule has 4 aromatic rings. The van der Waals surface area contributed by atoms with Crippen LogP contribution in [0.5, 0.6) is 0 Å². The van der Waals surface area contributed by atoms with Gasteiger partial charge in [-0.05, 0) is 35.2 Å². The Morgan fingerprint density at radius 2 is 1.70 bits per heavy atom. The van der Waals surface area contributed by atoms with Crippen LogP contribution in [-0.4, -0.2) is 20.8 Å². The van der Waals surface area contributed by atoms with Gasteiger partial charge >= 0.3 is 0 Å². The molecule has 4 rings (SSSR count). The molecule has 0 aliphatic carbocycles. The maximum atomic E-state index is 13.4. The van der Waals surface area contributed by atoms with Crippen molar-refractivity contribution < 1.29 is 4.79 Å². The Morgan fingerprint density at radius 1 is 0.933 bits per heavy atom. The lowest BCUT2D eigenvalue weighted by Gasteiger charge is -2.23. The number of rotatable bonds is 7. The minimum Gasteiger partial charge on any atom is -0.329 e. The van der Waals surface area contributed by atoms with E-state index in [1.165, 1.54) is 22.5 Å². The zero-order valence-corrected chi connectivity index (χ0v) is 17.7. The van der Waals surface area contributed by atoms with E-state index in [1.54, 1.807) is 12.4 Å². The van der Waals surface area contributed by atoms with Crippen molar-refractivity contribution in [3.8, 4) is 0 Å². The topological polar surface area (TPSA) is 46.1 Å². The van der Waals surface area contributed by atoms with Crippen LogP contribution in [0.4, 0.5) is 0 Å². The number of benzene rings is 2. The summed E-state index contributed by atoms with van der Waals surface area (Å²) in [5.74, 6) is -0.0577. The standard InChI is InChI=1S/C25H23N3OS/c1-19-8-5-6-12-22(19)17-28(16-21-11-7-13-26-15-21)25(29)23-18-30-24(27-23)14-20-9-3-2-4-10-20/h2-13,15,18H,14,16-17H2,1H3. The molecular weight excluding hydrogens is 390 g/mol. The molecule has 0 unspecified atom stereocenters. The predicted molar refractivity (Wildman–Crippen MR) is 120 cm³/mol. The number of hydrogen-bond donors (Lipinski definition) is 0. The Labute approximate surface area is 180 Å². The van der Waals surface area contributed by atoms with Crippen molar-refractivity contribution in [2.45, 2.75) is 26.4 Å². The fourth-order valence-corrected chi connectivity index (χ4v) is 4.13. The summed E-state index contributed by atoms with van der Waals surface area (Å²) in [7, 11) is 0. The van der Waals surface area contributed by atoms with Gasteiger partial charge in [0.2, 0.25) is 0 Å². The van der Waals surface area contributed by atoms with Gasteiger partial charge in [-0.15, -0.1) is 11.3 Å². The number of nitrogens with zero attached hydrogens (tertiary/aromatic N) is 3. The molecule has 0 saturated carbocycles. The molecular formula is C25H23N3OS. The summed E-state index contributed by atoms with van der Waals surface area (Å²) >= 11 is 1.53. The smallest absolute Gasteiger partial charge is 0.273 e. The monoisotopic (exact) mass is 413 g/mol. The number of carbonyl (C=O) groups excluding carboxylic acids is 1. The van der Waals surface area contributed by atoms with E-state index >= 15 is 0 Å². The molecule has 2 aromatic heterocycles. The summed E-state index contributed by atoms with van der Waals surface area (Å²) in [5, 5.41) is 2.82. The van der Waals surface area contributed by atoms with Gasteiger partial charge in [0.05, 0.1) is 5.01 Å². The third-order valence-electron chi connectivity index (χ3n) is 4.97. The van der Waals surface area contributed by atoms with Gasteiger partial charge in [-0.2, -0.15) is 0 Å². The minimum absolute atomic E-state index is 0.0577. The molecule has 0 N–H and O–H groups in total. The first-order valence-electron chi connectivity index (χ1n) is 9.90. The summed E-state index contributed by atoms with van der Waals surface area (Å²) in [6, 6.07) is 22.3. The van der Waals surface area contributed by atoms with Crippen LogP contribution in [0.2, 0.25) is 0 Å². The molecule has 0 spiro atoms. The number of pyridine rings is 1. The van der Waals surface area contributed by atoms with Crippen molar-refractivity contribution in [1.29, 1.82) is 0 Å². The third-order valence-corrected chi connectivity index (χ3v) is 5.82. The number of aromatic nitrogens is 2. The van der Waals surface area contributed by atoms with Crippen LogP contribution >= 0.6 is 11.3 Å². The number of amides is 1. The van der Waals surface area contributed by atoms with E-state index in [0.717, 1.165) is 22.6 Å². The first kappa shape index (κ1) is 20.0. The average molecular weight is 414 g/mol. The van der Waals surface area contributed by atoms with Crippen LogP contribution in [0.25, 0.3) is 0 Å². The largest absolute Gasteiger partial charge is 0.329 e. The van der Waals surface area contributed by atoms with E-state index in [0.29, 0.717) is 18.8 Å². The van der Waals surface area contributed by atoms with E-state index in [-0.39, 0.29) is 5.91 Å². The average Bonchev–Trinajstić information content (AvgIpc) is 3.24. The number of aryl methyl sites for hydroxylation is 1. The molecule has 0 aliphatic rings. The van der Waals surface area contributed by atoms with E-state index in [4.69, 9.17) is 0 Å². The fourth-order valence-electron chi connectivity index (χ4n) is 3.33. The van der Waals surface area contributed by atoms with E-state index in [9.17, 15) is 4.79 Å². The van der Waals surface area contributed by atoms with Crippen molar-refractivity contribution in [3.05, 3.63) is 117 Å². The highest BCUT2D eigenvalue weighted by atomic mass is 32.1. The van der Waals surface area contributed by atoms with E-state index in [1.807, 2.05) is 52.7 Å². The van der Waals surface area contributed by atoms with E-state index < -0.39 is 0 Å². The van der Waals surface area contributed by atoms with Gasteiger partial charge in [-0.25, -0.2) is 4.98 Å². The molecule has 150 valence electrons. The molecule has 0 radical (unpaired) electrons. The molecule has 1 amide bonds. The fraction of sp³-hybridized carbons (Fsp3) is 0.160.